The van der Waals surface area contributed by atoms with Crippen molar-refractivity contribution in [2.75, 3.05) is 0 Å². The minimum Gasteiger partial charge on any atom is -0.397 e. The fourth-order valence-corrected chi connectivity index (χ4v) is 1.30. The average molecular weight is 598 g/mol. The van der Waals surface area contributed by atoms with Gasteiger partial charge in [0.15, 0.2) is 0 Å². The summed E-state index contributed by atoms with van der Waals surface area (Å²) in [5, 5.41) is 0. The molecule has 0 aliphatic carbocycles. The van der Waals surface area contributed by atoms with Crippen LogP contribution in [0, 0.1) is 0 Å². The minimum atomic E-state index is -8.42. The van der Waals surface area contributed by atoms with E-state index >= 15 is 0 Å². The lowest BCUT2D eigenvalue weighted by molar-refractivity contribution is -0.551. The van der Waals surface area contributed by atoms with Gasteiger partial charge in [0.1, 0.15) is 0 Å². The highest BCUT2D eigenvalue weighted by Gasteiger charge is 2.85. The van der Waals surface area contributed by atoms with Crippen LogP contribution in [0.15, 0.2) is 12.1 Å². The van der Waals surface area contributed by atoms with Crippen molar-refractivity contribution in [1.29, 1.82) is 0 Å². The van der Waals surface area contributed by atoms with Crippen LogP contribution in [0.25, 0.3) is 0 Å². The number of hydrogen-bond donors (Lipinski definition) is 0. The van der Waals surface area contributed by atoms with Gasteiger partial charge in [-0.2, -0.15) is 96.6 Å². The second-order valence-corrected chi connectivity index (χ2v) is 5.65. The summed E-state index contributed by atoms with van der Waals surface area (Å²) in [6, 6.07) is -4.12. The zero-order valence-corrected chi connectivity index (χ0v) is 15.0. The summed E-state index contributed by atoms with van der Waals surface area (Å²) in [6.07, 6.45) is -51.7. The molecule has 0 aromatic heterocycles. The van der Waals surface area contributed by atoms with Crippen LogP contribution in [-0.2, 0) is 14.2 Å². The Hall–Kier alpha value is -2.08. The first-order valence-corrected chi connectivity index (χ1v) is 7.13. The molecule has 25 heteroatoms. The van der Waals surface area contributed by atoms with Gasteiger partial charge in [-0.15, -0.1) is 0 Å². The Bertz CT molecular complexity index is 820. The van der Waals surface area contributed by atoms with Crippen LogP contribution < -0.4 is 0 Å². The summed E-state index contributed by atoms with van der Waals surface area (Å²) >= 11 is 0. The Kier molecular flexibility index (Phi) is 8.52. The molecule has 0 amide bonds. The van der Waals surface area contributed by atoms with E-state index in [2.05, 4.69) is 0 Å². The van der Waals surface area contributed by atoms with E-state index in [9.17, 15) is 96.6 Å². The van der Waals surface area contributed by atoms with Gasteiger partial charge in [-0.05, 0) is 0 Å². The normalized spacial score (nSPS) is 15.7. The number of ether oxygens (including phenoxy) is 3. The predicted molar refractivity (Wildman–Crippen MR) is 59.2 cm³/mol. The number of halogens is 22. The van der Waals surface area contributed by atoms with Gasteiger partial charge in [-0.1, -0.05) is 0 Å². The first kappa shape index (κ1) is 33.9. The Balaban J connectivity index is 6.33. The quantitative estimate of drug-likeness (QED) is 0.182. The van der Waals surface area contributed by atoms with E-state index in [1.165, 1.54) is 0 Å². The van der Waals surface area contributed by atoms with E-state index in [1.807, 2.05) is 0 Å². The van der Waals surface area contributed by atoms with Gasteiger partial charge in [-0.25, -0.2) is 9.47 Å². The predicted octanol–water partition coefficient (Wildman–Crippen LogP) is 7.50. The van der Waals surface area contributed by atoms with Crippen molar-refractivity contribution >= 4 is 0 Å². The van der Waals surface area contributed by atoms with Gasteiger partial charge in [-0.3, -0.25) is 0 Å². The Labute approximate surface area is 179 Å². The molecule has 0 aliphatic rings. The lowest BCUT2D eigenvalue weighted by Gasteiger charge is -2.38. The van der Waals surface area contributed by atoms with Crippen LogP contribution in [0.5, 0.6) is 0 Å². The van der Waals surface area contributed by atoms with Crippen LogP contribution in [-0.4, -0.2) is 54.5 Å². The maximum absolute atomic E-state index is 13.2. The maximum Gasteiger partial charge on any atom is 0.475 e. The molecule has 0 aromatic rings. The van der Waals surface area contributed by atoms with E-state index in [-0.39, 0.29) is 0 Å². The largest absolute Gasteiger partial charge is 0.475 e. The summed E-state index contributed by atoms with van der Waals surface area (Å²) in [5.74, 6) is -24.3. The van der Waals surface area contributed by atoms with E-state index in [0.29, 0.717) is 0 Å². The molecule has 0 bridgehead atoms. The van der Waals surface area contributed by atoms with Crippen LogP contribution in [0.3, 0.4) is 0 Å². The molecule has 0 aromatic carbocycles. The summed E-state index contributed by atoms with van der Waals surface area (Å²) in [5.41, 5.74) is 0. The van der Waals surface area contributed by atoms with Crippen molar-refractivity contribution in [2.24, 2.45) is 0 Å². The molecule has 0 N–H and O–H groups in total. The number of rotatable bonds is 11. The molecule has 216 valence electrons. The number of hydrogen-bond acceptors (Lipinski definition) is 3. The summed E-state index contributed by atoms with van der Waals surface area (Å²) in [4.78, 5) is 0. The molecular weight excluding hydrogens is 598 g/mol. The van der Waals surface area contributed by atoms with Gasteiger partial charge in [0.2, 0.25) is 0 Å². The van der Waals surface area contributed by atoms with Gasteiger partial charge in [0.25, 0.3) is 0 Å². The highest BCUT2D eigenvalue weighted by Crippen LogP contribution is 2.57. The highest BCUT2D eigenvalue weighted by molar-refractivity contribution is 4.95. The van der Waals surface area contributed by atoms with Gasteiger partial charge in [0, 0.05) is 0 Å². The second-order valence-electron chi connectivity index (χ2n) is 5.65. The summed E-state index contributed by atoms with van der Waals surface area (Å²) < 4.78 is 281. The maximum atomic E-state index is 13.2. The molecular formula is C11F22O3. The second kappa shape index (κ2) is 9.04. The van der Waals surface area contributed by atoms with Crippen molar-refractivity contribution in [1.82, 2.24) is 0 Å². The van der Waals surface area contributed by atoms with Gasteiger partial charge < -0.3 is 4.74 Å². The van der Waals surface area contributed by atoms with Crippen LogP contribution in [0.4, 0.5) is 96.6 Å². The molecule has 0 saturated heterocycles. The Morgan fingerprint density at radius 2 is 0.611 bits per heavy atom. The first-order chi connectivity index (χ1) is 15.2. The molecule has 0 rings (SSSR count). The standard InChI is InChI=1S/C11F22O3/c12-1(13)2(14)34-7(24,25)4(17,18)9(28,29)36-11(32,33)5(19,20)10(30,31)35-8(26,27)3(15,16)6(21,22)23. The SMILES string of the molecule is FC(F)=C(F)OC(F)(F)C(F)(F)C(F)(F)OC(F)(F)C(F)(F)C(F)(F)OC(F)(F)C(F)(F)C(F)(F)F. The Morgan fingerprint density at radius 3 is 0.861 bits per heavy atom. The van der Waals surface area contributed by atoms with E-state index in [4.69, 9.17) is 0 Å². The van der Waals surface area contributed by atoms with E-state index in [0.717, 1.165) is 9.47 Å². The summed E-state index contributed by atoms with van der Waals surface area (Å²) in [7, 11) is 0. The molecule has 0 unspecified atom stereocenters. The molecule has 0 aliphatic heterocycles. The molecule has 36 heavy (non-hydrogen) atoms. The lowest BCUT2D eigenvalue weighted by Crippen LogP contribution is -2.65. The van der Waals surface area contributed by atoms with Crippen molar-refractivity contribution in [3.63, 3.8) is 0 Å². The van der Waals surface area contributed by atoms with Gasteiger partial charge in [0.05, 0.1) is 0 Å². The third kappa shape index (κ3) is 5.74. The monoisotopic (exact) mass is 598 g/mol. The zero-order chi connectivity index (χ0) is 29.8. The molecule has 0 saturated carbocycles. The smallest absolute Gasteiger partial charge is 0.397 e. The highest BCUT2D eigenvalue weighted by atomic mass is 19.4. The zero-order valence-electron chi connectivity index (χ0n) is 15.0. The number of alkyl halides is 19. The van der Waals surface area contributed by atoms with Crippen LogP contribution in [0.2, 0.25) is 0 Å². The van der Waals surface area contributed by atoms with Crippen LogP contribution >= 0.6 is 0 Å². The van der Waals surface area contributed by atoms with Crippen molar-refractivity contribution in [3.8, 4) is 0 Å². The molecule has 0 fully saturated rings. The molecule has 0 radical (unpaired) electrons. The van der Waals surface area contributed by atoms with Crippen molar-refractivity contribution in [3.05, 3.63) is 12.1 Å². The fourth-order valence-electron chi connectivity index (χ4n) is 1.30. The van der Waals surface area contributed by atoms with Crippen molar-refractivity contribution in [2.45, 2.75) is 54.5 Å². The fraction of sp³-hybridized carbons (Fsp3) is 0.818. The minimum absolute atomic E-state index is 1.02. The molecule has 0 heterocycles. The lowest BCUT2D eigenvalue weighted by atomic mass is 10.2. The third-order valence-corrected chi connectivity index (χ3v) is 3.06. The molecule has 0 spiro atoms. The molecule has 3 nitrogen and oxygen atoms in total. The Morgan fingerprint density at radius 1 is 0.361 bits per heavy atom. The van der Waals surface area contributed by atoms with Gasteiger partial charge >= 0.3 is 66.6 Å². The topological polar surface area (TPSA) is 27.7 Å². The first-order valence-electron chi connectivity index (χ1n) is 7.13. The van der Waals surface area contributed by atoms with E-state index in [1.54, 1.807) is 4.74 Å². The molecule has 0 atom stereocenters. The van der Waals surface area contributed by atoms with E-state index < -0.39 is 66.6 Å². The average Bonchev–Trinajstić information content (AvgIpc) is 2.57. The van der Waals surface area contributed by atoms with Crippen molar-refractivity contribution < 1.29 is 111 Å². The van der Waals surface area contributed by atoms with Crippen LogP contribution in [0.1, 0.15) is 0 Å². The summed E-state index contributed by atoms with van der Waals surface area (Å²) in [6.45, 7) is 0. The third-order valence-electron chi connectivity index (χ3n) is 3.06.